The Balaban J connectivity index is 1.98. The molecule has 0 amide bonds. The molecule has 2 saturated carbocycles. The van der Waals surface area contributed by atoms with Crippen molar-refractivity contribution in [2.45, 2.75) is 107 Å². The summed E-state index contributed by atoms with van der Waals surface area (Å²) >= 11 is 0. The van der Waals surface area contributed by atoms with Crippen LogP contribution in [0, 0.1) is 17.3 Å². The molecular formula is C21H38O9. The molecule has 176 valence electrons. The topological polar surface area (TPSA) is 160 Å². The Bertz CT molecular complexity index is 604. The van der Waals surface area contributed by atoms with Crippen molar-refractivity contribution in [2.24, 2.45) is 17.3 Å². The lowest BCUT2D eigenvalue weighted by molar-refractivity contribution is -0.342. The van der Waals surface area contributed by atoms with Gasteiger partial charge in [-0.25, -0.2) is 0 Å². The van der Waals surface area contributed by atoms with Gasteiger partial charge in [0.1, 0.15) is 24.4 Å². The highest BCUT2D eigenvalue weighted by Crippen LogP contribution is 2.58. The summed E-state index contributed by atoms with van der Waals surface area (Å²) in [7, 11) is 0. The smallest absolute Gasteiger partial charge is 0.186 e. The molecule has 3 rings (SSSR count). The molecule has 3 aliphatic rings. The fraction of sp³-hybridized carbons (Fsp3) is 1.00. The van der Waals surface area contributed by atoms with Gasteiger partial charge in [-0.05, 0) is 46.5 Å². The summed E-state index contributed by atoms with van der Waals surface area (Å²) in [5, 5.41) is 73.1. The highest BCUT2D eigenvalue weighted by Gasteiger charge is 2.62. The summed E-state index contributed by atoms with van der Waals surface area (Å²) in [6.07, 6.45) is -6.77. The van der Waals surface area contributed by atoms with Crippen LogP contribution >= 0.6 is 0 Å². The highest BCUT2D eigenvalue weighted by molar-refractivity contribution is 5.11. The molecule has 3 fully saturated rings. The van der Waals surface area contributed by atoms with Crippen molar-refractivity contribution in [3.63, 3.8) is 0 Å². The normalized spacial score (nSPS) is 52.7. The summed E-state index contributed by atoms with van der Waals surface area (Å²) in [5.41, 5.74) is -3.06. The summed E-state index contributed by atoms with van der Waals surface area (Å²) in [4.78, 5) is 0. The fourth-order valence-electron chi connectivity index (χ4n) is 6.01. The van der Waals surface area contributed by atoms with Crippen LogP contribution in [0.3, 0.4) is 0 Å². The average Bonchev–Trinajstić information content (AvgIpc) is 2.64. The first-order chi connectivity index (χ1) is 13.7. The van der Waals surface area contributed by atoms with Gasteiger partial charge in [-0.1, -0.05) is 6.92 Å². The van der Waals surface area contributed by atoms with Crippen LogP contribution in [0.15, 0.2) is 0 Å². The largest absolute Gasteiger partial charge is 0.394 e. The second-order valence-electron chi connectivity index (χ2n) is 10.5. The van der Waals surface area contributed by atoms with Gasteiger partial charge in [0, 0.05) is 17.3 Å². The van der Waals surface area contributed by atoms with Gasteiger partial charge < -0.3 is 45.2 Å². The van der Waals surface area contributed by atoms with Crippen molar-refractivity contribution in [1.82, 2.24) is 0 Å². The molecule has 7 N–H and O–H groups in total. The van der Waals surface area contributed by atoms with Crippen molar-refractivity contribution < 1.29 is 45.2 Å². The van der Waals surface area contributed by atoms with E-state index in [-0.39, 0.29) is 0 Å². The monoisotopic (exact) mass is 434 g/mol. The van der Waals surface area contributed by atoms with E-state index in [1.807, 2.05) is 6.92 Å². The Kier molecular flexibility index (Phi) is 6.64. The van der Waals surface area contributed by atoms with Gasteiger partial charge in [0.2, 0.25) is 0 Å². The molecule has 11 atom stereocenters. The maximum absolute atomic E-state index is 11.3. The predicted molar refractivity (Wildman–Crippen MR) is 105 cm³/mol. The van der Waals surface area contributed by atoms with Crippen LogP contribution in [-0.4, -0.2) is 96.5 Å². The van der Waals surface area contributed by atoms with E-state index in [1.165, 1.54) is 0 Å². The summed E-state index contributed by atoms with van der Waals surface area (Å²) in [5.74, 6) is -1.02. The minimum absolute atomic E-state index is 0.349. The van der Waals surface area contributed by atoms with Gasteiger partial charge in [0.05, 0.1) is 30.0 Å². The lowest BCUT2D eigenvalue weighted by Gasteiger charge is -2.61. The Morgan fingerprint density at radius 3 is 2.20 bits per heavy atom. The lowest BCUT2D eigenvalue weighted by Crippen LogP contribution is -2.67. The summed E-state index contributed by atoms with van der Waals surface area (Å²) < 4.78 is 11.7. The molecule has 11 unspecified atom stereocenters. The van der Waals surface area contributed by atoms with Gasteiger partial charge in [-0.15, -0.1) is 0 Å². The van der Waals surface area contributed by atoms with Crippen molar-refractivity contribution in [2.75, 3.05) is 6.61 Å². The highest BCUT2D eigenvalue weighted by atomic mass is 16.7. The molecule has 0 spiro atoms. The molecule has 1 saturated heterocycles. The van der Waals surface area contributed by atoms with Crippen LogP contribution in [0.2, 0.25) is 0 Å². The first kappa shape index (κ1) is 24.3. The molecule has 9 heteroatoms. The molecule has 0 aromatic carbocycles. The second kappa shape index (κ2) is 8.20. The predicted octanol–water partition coefficient (Wildman–Crippen LogP) is -1.12. The number of hydrogen-bond donors (Lipinski definition) is 7. The van der Waals surface area contributed by atoms with Gasteiger partial charge in [-0.3, -0.25) is 0 Å². The molecule has 30 heavy (non-hydrogen) atoms. The Labute approximate surface area is 177 Å². The van der Waals surface area contributed by atoms with Gasteiger partial charge >= 0.3 is 0 Å². The third-order valence-electron chi connectivity index (χ3n) is 7.83. The van der Waals surface area contributed by atoms with Gasteiger partial charge in [0.15, 0.2) is 6.29 Å². The van der Waals surface area contributed by atoms with E-state index in [1.54, 1.807) is 20.8 Å². The van der Waals surface area contributed by atoms with E-state index in [0.717, 1.165) is 0 Å². The number of rotatable bonds is 4. The molecule has 0 aromatic rings. The maximum Gasteiger partial charge on any atom is 0.186 e. The van der Waals surface area contributed by atoms with Crippen LogP contribution in [0.4, 0.5) is 0 Å². The number of aliphatic hydroxyl groups excluding tert-OH is 5. The average molecular weight is 435 g/mol. The van der Waals surface area contributed by atoms with Crippen LogP contribution in [-0.2, 0) is 9.47 Å². The Hall–Kier alpha value is -0.360. The molecule has 1 aliphatic heterocycles. The third kappa shape index (κ3) is 4.04. The van der Waals surface area contributed by atoms with Crippen molar-refractivity contribution in [1.29, 1.82) is 0 Å². The minimum Gasteiger partial charge on any atom is -0.394 e. The van der Waals surface area contributed by atoms with E-state index < -0.39 is 78.0 Å². The molecule has 9 nitrogen and oxygen atoms in total. The number of aliphatic hydroxyl groups is 7. The zero-order valence-electron chi connectivity index (χ0n) is 18.2. The zero-order valence-corrected chi connectivity index (χ0v) is 18.2. The number of ether oxygens (including phenoxy) is 2. The Morgan fingerprint density at radius 2 is 1.63 bits per heavy atom. The van der Waals surface area contributed by atoms with E-state index >= 15 is 0 Å². The van der Waals surface area contributed by atoms with E-state index in [2.05, 4.69) is 0 Å². The molecule has 1 heterocycles. The van der Waals surface area contributed by atoms with Crippen LogP contribution in [0.5, 0.6) is 0 Å². The maximum atomic E-state index is 11.3. The van der Waals surface area contributed by atoms with E-state index in [9.17, 15) is 35.7 Å². The first-order valence-corrected chi connectivity index (χ1v) is 10.8. The minimum atomic E-state index is -1.59. The molecular weight excluding hydrogens is 396 g/mol. The zero-order chi connectivity index (χ0) is 22.6. The SMILES string of the molecule is CC(C)(O)C1CCC2(C)C(O)CCC(C)(O)C2C1OC1OC(CO)C(O)C(O)C1O. The van der Waals surface area contributed by atoms with Crippen LogP contribution in [0.1, 0.15) is 53.4 Å². The molecule has 2 aliphatic carbocycles. The van der Waals surface area contributed by atoms with Crippen molar-refractivity contribution >= 4 is 0 Å². The summed E-state index contributed by atoms with van der Waals surface area (Å²) in [6, 6.07) is 0. The van der Waals surface area contributed by atoms with E-state index in [0.29, 0.717) is 25.7 Å². The van der Waals surface area contributed by atoms with Gasteiger partial charge in [0.25, 0.3) is 0 Å². The van der Waals surface area contributed by atoms with E-state index in [4.69, 9.17) is 9.47 Å². The Morgan fingerprint density at radius 1 is 1.00 bits per heavy atom. The van der Waals surface area contributed by atoms with Crippen LogP contribution in [0.25, 0.3) is 0 Å². The summed E-state index contributed by atoms with van der Waals surface area (Å²) in [6.45, 7) is 6.32. The third-order valence-corrected chi connectivity index (χ3v) is 7.83. The van der Waals surface area contributed by atoms with Gasteiger partial charge in [-0.2, -0.15) is 0 Å². The lowest BCUT2D eigenvalue weighted by atomic mass is 9.50. The quantitative estimate of drug-likeness (QED) is 0.291. The number of hydrogen-bond acceptors (Lipinski definition) is 9. The standard InChI is InChI=1S/C21H38O9/c1-19(2,27)10-5-7-20(3)12(23)6-8-21(4,28)17(20)16(10)30-18-15(26)14(25)13(24)11(9-22)29-18/h10-18,22-28H,5-9H2,1-4H3. The molecule has 0 bridgehead atoms. The second-order valence-corrected chi connectivity index (χ2v) is 10.5. The van der Waals surface area contributed by atoms with Crippen molar-refractivity contribution in [3.8, 4) is 0 Å². The molecule has 0 aromatic heterocycles. The fourth-order valence-corrected chi connectivity index (χ4v) is 6.01. The van der Waals surface area contributed by atoms with Crippen LogP contribution < -0.4 is 0 Å². The number of fused-ring (bicyclic) bond motifs is 1. The first-order valence-electron chi connectivity index (χ1n) is 10.8. The molecule has 0 radical (unpaired) electrons. The van der Waals surface area contributed by atoms with Crippen molar-refractivity contribution in [3.05, 3.63) is 0 Å².